The first-order valence-electron chi connectivity index (χ1n) is 5.98. The smallest absolute Gasteiger partial charge is 0.330 e. The Morgan fingerprint density at radius 2 is 1.89 bits per heavy atom. The van der Waals surface area contributed by atoms with Gasteiger partial charge in [0.1, 0.15) is 0 Å². The van der Waals surface area contributed by atoms with Crippen LogP contribution in [-0.4, -0.2) is 26.9 Å². The van der Waals surface area contributed by atoms with Crippen LogP contribution in [-0.2, 0) is 20.6 Å². The minimum absolute atomic E-state index is 0.101. The third-order valence-corrected chi connectivity index (χ3v) is 3.37. The largest absolute Gasteiger partial charge is 0.396 e. The van der Waals surface area contributed by atoms with Crippen LogP contribution in [0.15, 0.2) is 15.7 Å². The van der Waals surface area contributed by atoms with Crippen LogP contribution in [0.1, 0.15) is 19.5 Å². The van der Waals surface area contributed by atoms with Crippen LogP contribution in [0.2, 0.25) is 0 Å². The van der Waals surface area contributed by atoms with Crippen LogP contribution >= 0.6 is 0 Å². The Labute approximate surface area is 106 Å². The molecule has 1 heterocycles. The SMILES string of the molecule is CC(CO)C(C)NCc1cc(=O)n(C)c(=O)n1C. The molecule has 0 radical (unpaired) electrons. The standard InChI is InChI=1S/C12H21N3O3/c1-8(7-16)9(2)13-6-10-5-11(17)15(4)12(18)14(10)3/h5,8-9,13,16H,6-7H2,1-4H3. The van der Waals surface area contributed by atoms with Crippen molar-refractivity contribution in [1.29, 1.82) is 0 Å². The molecule has 0 aliphatic carbocycles. The predicted molar refractivity (Wildman–Crippen MR) is 69.5 cm³/mol. The fraction of sp³-hybridized carbons (Fsp3) is 0.667. The van der Waals surface area contributed by atoms with Gasteiger partial charge in [0.05, 0.1) is 0 Å². The first-order chi connectivity index (χ1) is 8.38. The van der Waals surface area contributed by atoms with Crippen LogP contribution in [0.3, 0.4) is 0 Å². The quantitative estimate of drug-likeness (QED) is 0.721. The van der Waals surface area contributed by atoms with Gasteiger partial charge in [-0.05, 0) is 12.8 Å². The van der Waals surface area contributed by atoms with E-state index in [1.807, 2.05) is 13.8 Å². The van der Waals surface area contributed by atoms with Crippen molar-refractivity contribution in [3.05, 3.63) is 32.6 Å². The van der Waals surface area contributed by atoms with Crippen molar-refractivity contribution in [2.24, 2.45) is 20.0 Å². The summed E-state index contributed by atoms with van der Waals surface area (Å²) in [5.74, 6) is 0.119. The number of rotatable bonds is 5. The Morgan fingerprint density at radius 1 is 1.28 bits per heavy atom. The lowest BCUT2D eigenvalue weighted by molar-refractivity contribution is 0.206. The number of aromatic nitrogens is 2. The van der Waals surface area contributed by atoms with E-state index in [1.54, 1.807) is 7.05 Å². The maximum atomic E-state index is 11.7. The van der Waals surface area contributed by atoms with Gasteiger partial charge in [-0.2, -0.15) is 0 Å². The van der Waals surface area contributed by atoms with E-state index in [0.717, 1.165) is 4.57 Å². The number of hydrogen-bond donors (Lipinski definition) is 2. The highest BCUT2D eigenvalue weighted by atomic mass is 16.3. The Bertz CT molecular complexity index is 518. The molecule has 1 rings (SSSR count). The second-order valence-corrected chi connectivity index (χ2v) is 4.70. The predicted octanol–water partition coefficient (Wildman–Crippen LogP) is -0.809. The van der Waals surface area contributed by atoms with Crippen molar-refractivity contribution in [2.75, 3.05) is 6.61 Å². The molecule has 2 N–H and O–H groups in total. The van der Waals surface area contributed by atoms with Crippen molar-refractivity contribution >= 4 is 0 Å². The summed E-state index contributed by atoms with van der Waals surface area (Å²) in [6.07, 6.45) is 0. The molecule has 0 saturated heterocycles. The summed E-state index contributed by atoms with van der Waals surface area (Å²) in [6, 6.07) is 1.55. The fourth-order valence-corrected chi connectivity index (χ4v) is 1.57. The second-order valence-electron chi connectivity index (χ2n) is 4.70. The first kappa shape index (κ1) is 14.7. The summed E-state index contributed by atoms with van der Waals surface area (Å²) >= 11 is 0. The number of aliphatic hydroxyl groups excluding tert-OH is 1. The topological polar surface area (TPSA) is 76.3 Å². The molecule has 102 valence electrons. The third-order valence-electron chi connectivity index (χ3n) is 3.37. The highest BCUT2D eigenvalue weighted by Gasteiger charge is 2.12. The molecular formula is C12H21N3O3. The minimum atomic E-state index is -0.331. The Morgan fingerprint density at radius 3 is 2.44 bits per heavy atom. The summed E-state index contributed by atoms with van der Waals surface area (Å²) in [6.45, 7) is 4.41. The Hall–Kier alpha value is -1.40. The molecule has 0 saturated carbocycles. The number of nitrogens with one attached hydrogen (secondary N) is 1. The summed E-state index contributed by atoms with van der Waals surface area (Å²) in [5.41, 5.74) is 0.00000856. The minimum Gasteiger partial charge on any atom is -0.396 e. The zero-order valence-electron chi connectivity index (χ0n) is 11.3. The van der Waals surface area contributed by atoms with Gasteiger partial charge >= 0.3 is 5.69 Å². The van der Waals surface area contributed by atoms with Gasteiger partial charge < -0.3 is 10.4 Å². The zero-order valence-corrected chi connectivity index (χ0v) is 11.3. The first-order valence-corrected chi connectivity index (χ1v) is 5.98. The third kappa shape index (κ3) is 3.08. The number of hydrogen-bond acceptors (Lipinski definition) is 4. The molecule has 0 spiro atoms. The average Bonchev–Trinajstić information content (AvgIpc) is 2.37. The second kappa shape index (κ2) is 5.97. The molecule has 18 heavy (non-hydrogen) atoms. The van der Waals surface area contributed by atoms with Gasteiger partial charge in [0.25, 0.3) is 5.56 Å². The van der Waals surface area contributed by atoms with Gasteiger partial charge in [0.2, 0.25) is 0 Å². The highest BCUT2D eigenvalue weighted by molar-refractivity contribution is 5.02. The Balaban J connectivity index is 2.87. The number of nitrogens with zero attached hydrogens (tertiary/aromatic N) is 2. The van der Waals surface area contributed by atoms with Crippen LogP contribution < -0.4 is 16.6 Å². The van der Waals surface area contributed by atoms with Crippen molar-refractivity contribution in [2.45, 2.75) is 26.4 Å². The van der Waals surface area contributed by atoms with Crippen LogP contribution in [0.25, 0.3) is 0 Å². The van der Waals surface area contributed by atoms with Crippen LogP contribution in [0.5, 0.6) is 0 Å². The maximum Gasteiger partial charge on any atom is 0.330 e. The highest BCUT2D eigenvalue weighted by Crippen LogP contribution is 2.01. The van der Waals surface area contributed by atoms with Crippen LogP contribution in [0.4, 0.5) is 0 Å². The molecule has 1 aromatic heterocycles. The normalized spacial score (nSPS) is 14.5. The molecule has 2 atom stereocenters. The van der Waals surface area contributed by atoms with E-state index in [-0.39, 0.29) is 29.8 Å². The van der Waals surface area contributed by atoms with Gasteiger partial charge in [-0.1, -0.05) is 6.92 Å². The lowest BCUT2D eigenvalue weighted by Gasteiger charge is -2.20. The molecule has 2 unspecified atom stereocenters. The molecule has 6 nitrogen and oxygen atoms in total. The Kier molecular flexibility index (Phi) is 4.86. The summed E-state index contributed by atoms with van der Waals surface area (Å²) < 4.78 is 2.52. The van der Waals surface area contributed by atoms with E-state index in [2.05, 4.69) is 5.32 Å². The van der Waals surface area contributed by atoms with Gasteiger partial charge in [0.15, 0.2) is 0 Å². The van der Waals surface area contributed by atoms with E-state index in [1.165, 1.54) is 17.7 Å². The molecule has 0 aliphatic heterocycles. The average molecular weight is 255 g/mol. The summed E-state index contributed by atoms with van der Waals surface area (Å²) in [4.78, 5) is 23.2. The van der Waals surface area contributed by atoms with Crippen LogP contribution in [0, 0.1) is 5.92 Å². The summed E-state index contributed by atoms with van der Waals surface area (Å²) in [7, 11) is 3.09. The monoisotopic (exact) mass is 255 g/mol. The molecular weight excluding hydrogens is 234 g/mol. The van der Waals surface area contributed by atoms with Crippen molar-refractivity contribution < 1.29 is 5.11 Å². The lowest BCUT2D eigenvalue weighted by atomic mass is 10.1. The van der Waals surface area contributed by atoms with Gasteiger partial charge in [-0.25, -0.2) is 4.79 Å². The van der Waals surface area contributed by atoms with Crippen molar-refractivity contribution in [1.82, 2.24) is 14.5 Å². The van der Waals surface area contributed by atoms with Gasteiger partial charge in [-0.3, -0.25) is 13.9 Å². The van der Waals surface area contributed by atoms with E-state index in [0.29, 0.717) is 12.2 Å². The molecule has 0 bridgehead atoms. The van der Waals surface area contributed by atoms with E-state index in [4.69, 9.17) is 5.11 Å². The zero-order chi connectivity index (χ0) is 13.9. The number of aliphatic hydroxyl groups is 1. The van der Waals surface area contributed by atoms with Gasteiger partial charge in [-0.15, -0.1) is 0 Å². The molecule has 0 aliphatic rings. The summed E-state index contributed by atoms with van der Waals surface area (Å²) in [5, 5.41) is 12.2. The molecule has 6 heteroatoms. The fourth-order valence-electron chi connectivity index (χ4n) is 1.57. The molecule has 0 fully saturated rings. The maximum absolute atomic E-state index is 11.7. The van der Waals surface area contributed by atoms with E-state index < -0.39 is 0 Å². The van der Waals surface area contributed by atoms with E-state index in [9.17, 15) is 9.59 Å². The van der Waals surface area contributed by atoms with E-state index >= 15 is 0 Å². The lowest BCUT2D eigenvalue weighted by Crippen LogP contribution is -2.40. The van der Waals surface area contributed by atoms with Crippen molar-refractivity contribution in [3.63, 3.8) is 0 Å². The van der Waals surface area contributed by atoms with Crippen molar-refractivity contribution in [3.8, 4) is 0 Å². The molecule has 0 aromatic carbocycles. The molecule has 0 amide bonds. The molecule has 1 aromatic rings. The van der Waals surface area contributed by atoms with Gasteiger partial charge in [0, 0.05) is 45.0 Å².